The molecular weight excluding hydrogens is 440 g/mol. The van der Waals surface area contributed by atoms with Gasteiger partial charge in [0, 0.05) is 0 Å². The highest BCUT2D eigenvalue weighted by atomic mass is 16.5. The van der Waals surface area contributed by atoms with Gasteiger partial charge in [0.25, 0.3) is 0 Å². The van der Waals surface area contributed by atoms with Crippen molar-refractivity contribution in [1.29, 1.82) is 0 Å². The number of carbonyl (C=O) groups excluding carboxylic acids is 3. The minimum Gasteiger partial charge on any atom is -0.481 e. The van der Waals surface area contributed by atoms with E-state index in [0.29, 0.717) is 6.42 Å². The largest absolute Gasteiger partial charge is 0.481 e. The number of carboxylic acid groups (broad SMARTS) is 2. The Morgan fingerprint density at radius 1 is 0.818 bits per heavy atom. The van der Waals surface area contributed by atoms with Crippen molar-refractivity contribution in [2.24, 2.45) is 0 Å². The molecule has 11 nitrogen and oxygen atoms in total. The number of aliphatic hydroxyl groups is 1. The Morgan fingerprint density at radius 3 is 1.67 bits per heavy atom. The van der Waals surface area contributed by atoms with Crippen LogP contribution in [0, 0.1) is 0 Å². The number of carbonyl (C=O) groups is 5. The first kappa shape index (κ1) is 29.5. The molecule has 0 fully saturated rings. The van der Waals surface area contributed by atoms with Gasteiger partial charge >= 0.3 is 29.8 Å². The molecular formula is C22H30O11. The van der Waals surface area contributed by atoms with Crippen molar-refractivity contribution in [2.75, 3.05) is 19.8 Å². The van der Waals surface area contributed by atoms with Gasteiger partial charge in [-0.1, -0.05) is 25.5 Å². The Balaban J connectivity index is 0.000000621. The van der Waals surface area contributed by atoms with Crippen molar-refractivity contribution in [3.63, 3.8) is 0 Å². The Hall–Kier alpha value is -3.47. The van der Waals surface area contributed by atoms with E-state index in [2.05, 4.69) is 4.74 Å². The van der Waals surface area contributed by atoms with Gasteiger partial charge in [0.1, 0.15) is 0 Å². The van der Waals surface area contributed by atoms with E-state index in [4.69, 9.17) is 19.7 Å². The van der Waals surface area contributed by atoms with Crippen LogP contribution in [0.15, 0.2) is 24.3 Å². The molecule has 1 unspecified atom stereocenters. The van der Waals surface area contributed by atoms with Gasteiger partial charge < -0.3 is 29.5 Å². The van der Waals surface area contributed by atoms with Crippen molar-refractivity contribution in [3.8, 4) is 0 Å². The molecule has 0 saturated carbocycles. The zero-order valence-corrected chi connectivity index (χ0v) is 18.9. The number of esters is 3. The molecule has 0 aliphatic rings. The molecule has 0 amide bonds. The number of rotatable bonds is 12. The molecule has 0 spiro atoms. The zero-order chi connectivity index (χ0) is 25.4. The lowest BCUT2D eigenvalue weighted by atomic mass is 9.96. The van der Waals surface area contributed by atoms with Crippen LogP contribution in [0.25, 0.3) is 0 Å². The van der Waals surface area contributed by atoms with Gasteiger partial charge in [0.2, 0.25) is 0 Å². The summed E-state index contributed by atoms with van der Waals surface area (Å²) >= 11 is 0. The Labute approximate surface area is 191 Å². The van der Waals surface area contributed by atoms with Gasteiger partial charge in [-0.3, -0.25) is 9.59 Å². The molecule has 0 saturated heterocycles. The maximum atomic E-state index is 11.5. The summed E-state index contributed by atoms with van der Waals surface area (Å²) < 4.78 is 14.4. The van der Waals surface area contributed by atoms with Gasteiger partial charge in [-0.25, -0.2) is 14.4 Å². The van der Waals surface area contributed by atoms with Crippen LogP contribution >= 0.6 is 0 Å². The number of unbranched alkanes of at least 4 members (excludes halogenated alkanes) is 1. The quantitative estimate of drug-likeness (QED) is 0.232. The molecule has 11 heteroatoms. The van der Waals surface area contributed by atoms with Crippen LogP contribution in [-0.4, -0.2) is 70.6 Å². The maximum Gasteiger partial charge on any atom is 0.338 e. The summed E-state index contributed by atoms with van der Waals surface area (Å²) in [5.41, 5.74) is -2.14. The topological polar surface area (TPSA) is 174 Å². The monoisotopic (exact) mass is 470 g/mol. The third kappa shape index (κ3) is 11.1. The van der Waals surface area contributed by atoms with Gasteiger partial charge in [0.05, 0.1) is 43.8 Å². The molecule has 1 rings (SSSR count). The average molecular weight is 470 g/mol. The van der Waals surface area contributed by atoms with E-state index in [1.54, 1.807) is 38.1 Å². The SMILES string of the molecule is CCCCOC(=O)CC(O)(CC(=O)O)C(=O)O.CCOC(=O)c1ccccc1C(=O)OCC. The third-order valence-electron chi connectivity index (χ3n) is 3.96. The summed E-state index contributed by atoms with van der Waals surface area (Å²) in [7, 11) is 0. The normalized spacial score (nSPS) is 11.8. The molecule has 0 aliphatic heterocycles. The van der Waals surface area contributed by atoms with Gasteiger partial charge in [-0.15, -0.1) is 0 Å². The summed E-state index contributed by atoms with van der Waals surface area (Å²) in [6.07, 6.45) is -0.509. The molecule has 1 aromatic carbocycles. The number of benzene rings is 1. The van der Waals surface area contributed by atoms with Gasteiger partial charge in [0.15, 0.2) is 5.60 Å². The van der Waals surface area contributed by atoms with Crippen LogP contribution in [0.5, 0.6) is 0 Å². The van der Waals surface area contributed by atoms with E-state index < -0.39 is 48.3 Å². The van der Waals surface area contributed by atoms with E-state index >= 15 is 0 Å². The molecule has 33 heavy (non-hydrogen) atoms. The lowest BCUT2D eigenvalue weighted by molar-refractivity contribution is -0.172. The fourth-order valence-corrected chi connectivity index (χ4v) is 2.34. The average Bonchev–Trinajstić information content (AvgIpc) is 2.74. The fourth-order valence-electron chi connectivity index (χ4n) is 2.34. The summed E-state index contributed by atoms with van der Waals surface area (Å²) in [5, 5.41) is 26.6. The predicted molar refractivity (Wildman–Crippen MR) is 114 cm³/mol. The van der Waals surface area contributed by atoms with Crippen LogP contribution in [0.1, 0.15) is 67.2 Å². The minimum absolute atomic E-state index is 0.123. The third-order valence-corrected chi connectivity index (χ3v) is 3.96. The van der Waals surface area contributed by atoms with Gasteiger partial charge in [-0.2, -0.15) is 0 Å². The Kier molecular flexibility index (Phi) is 13.7. The number of hydrogen-bond donors (Lipinski definition) is 3. The van der Waals surface area contributed by atoms with Gasteiger partial charge in [-0.05, 0) is 32.4 Å². The van der Waals surface area contributed by atoms with Crippen LogP contribution in [0.2, 0.25) is 0 Å². The van der Waals surface area contributed by atoms with Crippen LogP contribution < -0.4 is 0 Å². The molecule has 0 aromatic heterocycles. The Morgan fingerprint density at radius 2 is 1.30 bits per heavy atom. The molecule has 1 atom stereocenters. The smallest absolute Gasteiger partial charge is 0.338 e. The molecule has 0 bridgehead atoms. The van der Waals surface area contributed by atoms with E-state index in [-0.39, 0.29) is 30.9 Å². The van der Waals surface area contributed by atoms with Crippen LogP contribution in [0.3, 0.4) is 0 Å². The first-order valence-corrected chi connectivity index (χ1v) is 10.3. The molecule has 1 aromatic rings. The minimum atomic E-state index is -2.62. The van der Waals surface area contributed by atoms with Crippen molar-refractivity contribution < 1.29 is 53.5 Å². The van der Waals surface area contributed by atoms with Crippen molar-refractivity contribution in [2.45, 2.75) is 52.1 Å². The van der Waals surface area contributed by atoms with Crippen molar-refractivity contribution in [1.82, 2.24) is 0 Å². The number of ether oxygens (including phenoxy) is 3. The number of aliphatic carboxylic acids is 2. The molecule has 184 valence electrons. The van der Waals surface area contributed by atoms with E-state index in [9.17, 15) is 29.1 Å². The second kappa shape index (κ2) is 15.4. The van der Waals surface area contributed by atoms with Crippen LogP contribution in [-0.2, 0) is 28.6 Å². The molecule has 0 heterocycles. The second-order valence-electron chi connectivity index (χ2n) is 6.64. The summed E-state index contributed by atoms with van der Waals surface area (Å²) in [6.45, 7) is 5.98. The standard InChI is InChI=1S/C12H14O4.C10H16O7/c1-3-15-11(13)9-7-5-6-8-10(9)12(14)16-4-2;1-2-3-4-17-8(13)6-10(16,9(14)15)5-7(11)12/h5-8H,3-4H2,1-2H3;16H,2-6H2,1H3,(H,11,12)(H,14,15). The second-order valence-corrected chi connectivity index (χ2v) is 6.64. The summed E-state index contributed by atoms with van der Waals surface area (Å²) in [5.74, 6) is -5.20. The van der Waals surface area contributed by atoms with E-state index in [1.165, 1.54) is 0 Å². The molecule has 0 radical (unpaired) electrons. The number of hydrogen-bond acceptors (Lipinski definition) is 9. The highest BCUT2D eigenvalue weighted by Gasteiger charge is 2.41. The maximum absolute atomic E-state index is 11.5. The first-order chi connectivity index (χ1) is 15.5. The number of carboxylic acids is 2. The van der Waals surface area contributed by atoms with E-state index in [0.717, 1.165) is 6.42 Å². The van der Waals surface area contributed by atoms with Crippen LogP contribution in [0.4, 0.5) is 0 Å². The fraction of sp³-hybridized carbons (Fsp3) is 0.500. The zero-order valence-electron chi connectivity index (χ0n) is 18.9. The highest BCUT2D eigenvalue weighted by Crippen LogP contribution is 2.17. The molecule has 0 aliphatic carbocycles. The van der Waals surface area contributed by atoms with Crippen molar-refractivity contribution in [3.05, 3.63) is 35.4 Å². The predicted octanol–water partition coefficient (Wildman–Crippen LogP) is 2.05. The lowest BCUT2D eigenvalue weighted by Crippen LogP contribution is -2.43. The summed E-state index contributed by atoms with van der Waals surface area (Å²) in [4.78, 5) is 55.4. The summed E-state index contributed by atoms with van der Waals surface area (Å²) in [6, 6.07) is 6.44. The lowest BCUT2D eigenvalue weighted by Gasteiger charge is -2.20. The first-order valence-electron chi connectivity index (χ1n) is 10.3. The molecule has 3 N–H and O–H groups in total. The van der Waals surface area contributed by atoms with E-state index in [1.807, 2.05) is 6.92 Å². The Bertz CT molecular complexity index is 781. The van der Waals surface area contributed by atoms with Crippen molar-refractivity contribution >= 4 is 29.8 Å². The highest BCUT2D eigenvalue weighted by molar-refractivity contribution is 6.03.